The fourth-order valence-corrected chi connectivity index (χ4v) is 1.51. The number of nitrogens with two attached hydrogens (primary N) is 1. The summed E-state index contributed by atoms with van der Waals surface area (Å²) in [5, 5.41) is 6.51. The molecule has 0 spiro atoms. The molecular formula is C10H11N3OS. The van der Waals surface area contributed by atoms with Crippen LogP contribution in [0.15, 0.2) is 28.7 Å². The Hall–Kier alpha value is -1.62. The molecule has 15 heavy (non-hydrogen) atoms. The average molecular weight is 221 g/mol. The van der Waals surface area contributed by atoms with Crippen molar-refractivity contribution in [2.24, 2.45) is 0 Å². The SMILES string of the molecule is Nc1ccccc1CCc1n[nH]c(=S)o1. The standard InChI is InChI=1S/C10H11N3OS/c11-8-4-2-1-3-7(8)5-6-9-12-13-10(15)14-9/h1-4H,5-6,11H2,(H,13,15). The van der Waals surface area contributed by atoms with Gasteiger partial charge < -0.3 is 10.2 Å². The molecule has 0 aliphatic heterocycles. The van der Waals surface area contributed by atoms with Crippen molar-refractivity contribution in [1.82, 2.24) is 10.2 Å². The minimum Gasteiger partial charge on any atom is -0.414 e. The van der Waals surface area contributed by atoms with Crippen LogP contribution in [0.3, 0.4) is 0 Å². The zero-order chi connectivity index (χ0) is 10.7. The largest absolute Gasteiger partial charge is 0.414 e. The number of nitrogens with zero attached hydrogens (tertiary/aromatic N) is 1. The fourth-order valence-electron chi connectivity index (χ4n) is 1.37. The van der Waals surface area contributed by atoms with Crippen LogP contribution >= 0.6 is 12.2 Å². The van der Waals surface area contributed by atoms with Crippen LogP contribution in [0.2, 0.25) is 0 Å². The molecule has 1 aromatic carbocycles. The number of nitrogen functional groups attached to an aromatic ring is 1. The average Bonchev–Trinajstić information content (AvgIpc) is 2.63. The molecule has 0 aliphatic carbocycles. The molecule has 2 rings (SSSR count). The number of aromatic amines is 1. The van der Waals surface area contributed by atoms with E-state index in [9.17, 15) is 0 Å². The summed E-state index contributed by atoms with van der Waals surface area (Å²) in [6.07, 6.45) is 1.50. The number of nitrogens with one attached hydrogen (secondary N) is 1. The van der Waals surface area contributed by atoms with Crippen LogP contribution in [0.25, 0.3) is 0 Å². The maximum atomic E-state index is 5.81. The van der Waals surface area contributed by atoms with Crippen molar-refractivity contribution in [3.05, 3.63) is 40.6 Å². The van der Waals surface area contributed by atoms with E-state index in [4.69, 9.17) is 22.4 Å². The van der Waals surface area contributed by atoms with Gasteiger partial charge in [0.2, 0.25) is 5.89 Å². The van der Waals surface area contributed by atoms with Gasteiger partial charge in [-0.2, -0.15) is 0 Å². The molecule has 0 amide bonds. The second kappa shape index (κ2) is 4.27. The van der Waals surface area contributed by atoms with Crippen LogP contribution in [-0.2, 0) is 12.8 Å². The van der Waals surface area contributed by atoms with E-state index in [1.165, 1.54) is 0 Å². The normalized spacial score (nSPS) is 10.4. The third kappa shape index (κ3) is 2.44. The van der Waals surface area contributed by atoms with Crippen LogP contribution in [0.1, 0.15) is 11.5 Å². The quantitative estimate of drug-likeness (QED) is 0.615. The van der Waals surface area contributed by atoms with E-state index in [0.29, 0.717) is 17.1 Å². The van der Waals surface area contributed by atoms with Crippen molar-refractivity contribution in [1.29, 1.82) is 0 Å². The number of aromatic nitrogens is 2. The van der Waals surface area contributed by atoms with Crippen LogP contribution in [0, 0.1) is 4.84 Å². The first kappa shape index (κ1) is 9.92. The third-order valence-corrected chi connectivity index (χ3v) is 2.32. The smallest absolute Gasteiger partial charge is 0.284 e. The Labute approximate surface area is 92.1 Å². The van der Waals surface area contributed by atoms with Crippen molar-refractivity contribution in [3.8, 4) is 0 Å². The second-order valence-electron chi connectivity index (χ2n) is 3.21. The predicted molar refractivity (Wildman–Crippen MR) is 60.0 cm³/mol. The van der Waals surface area contributed by atoms with Gasteiger partial charge >= 0.3 is 0 Å². The summed E-state index contributed by atoms with van der Waals surface area (Å²) < 4.78 is 5.15. The Bertz CT molecular complexity index is 503. The molecule has 5 heteroatoms. The predicted octanol–water partition coefficient (Wildman–Crippen LogP) is 2.10. The van der Waals surface area contributed by atoms with Gasteiger partial charge in [-0.15, -0.1) is 5.10 Å². The molecule has 1 heterocycles. The van der Waals surface area contributed by atoms with Gasteiger partial charge in [0.15, 0.2) is 0 Å². The number of para-hydroxylation sites is 1. The lowest BCUT2D eigenvalue weighted by Crippen LogP contribution is -1.96. The summed E-state index contributed by atoms with van der Waals surface area (Å²) in [5.74, 6) is 0.614. The van der Waals surface area contributed by atoms with Crippen molar-refractivity contribution in [3.63, 3.8) is 0 Å². The fraction of sp³-hybridized carbons (Fsp3) is 0.200. The highest BCUT2D eigenvalue weighted by Gasteiger charge is 2.02. The van der Waals surface area contributed by atoms with Crippen LogP contribution in [-0.4, -0.2) is 10.2 Å². The molecule has 0 saturated heterocycles. The van der Waals surface area contributed by atoms with E-state index in [2.05, 4.69) is 10.2 Å². The minimum atomic E-state index is 0.311. The Kier molecular flexibility index (Phi) is 2.82. The summed E-state index contributed by atoms with van der Waals surface area (Å²) >= 11 is 4.78. The van der Waals surface area contributed by atoms with Crippen LogP contribution < -0.4 is 5.73 Å². The highest BCUT2D eigenvalue weighted by Crippen LogP contribution is 2.13. The highest BCUT2D eigenvalue weighted by molar-refractivity contribution is 7.71. The molecule has 0 bridgehead atoms. The number of rotatable bonds is 3. The Morgan fingerprint density at radius 2 is 2.13 bits per heavy atom. The molecule has 0 fully saturated rings. The molecule has 0 saturated carbocycles. The number of hydrogen-bond donors (Lipinski definition) is 2. The van der Waals surface area contributed by atoms with E-state index < -0.39 is 0 Å². The number of H-pyrrole nitrogens is 1. The van der Waals surface area contributed by atoms with Gasteiger partial charge in [0.05, 0.1) is 0 Å². The Morgan fingerprint density at radius 3 is 2.80 bits per heavy atom. The van der Waals surface area contributed by atoms with Gasteiger partial charge in [-0.25, -0.2) is 5.10 Å². The zero-order valence-electron chi connectivity index (χ0n) is 8.06. The third-order valence-electron chi connectivity index (χ3n) is 2.15. The molecule has 1 aromatic heterocycles. The van der Waals surface area contributed by atoms with Gasteiger partial charge in [-0.3, -0.25) is 0 Å². The van der Waals surface area contributed by atoms with E-state index in [1.807, 2.05) is 24.3 Å². The van der Waals surface area contributed by atoms with E-state index in [0.717, 1.165) is 17.7 Å². The van der Waals surface area contributed by atoms with Gasteiger partial charge in [0.1, 0.15) is 0 Å². The van der Waals surface area contributed by atoms with Crippen molar-refractivity contribution in [2.45, 2.75) is 12.8 Å². The first-order chi connectivity index (χ1) is 7.25. The molecule has 0 atom stereocenters. The van der Waals surface area contributed by atoms with E-state index >= 15 is 0 Å². The van der Waals surface area contributed by atoms with Crippen LogP contribution in [0.5, 0.6) is 0 Å². The zero-order valence-corrected chi connectivity index (χ0v) is 8.88. The lowest BCUT2D eigenvalue weighted by atomic mass is 10.1. The Balaban J connectivity index is 2.05. The molecule has 0 radical (unpaired) electrons. The molecule has 78 valence electrons. The summed E-state index contributed by atoms with van der Waals surface area (Å²) in [5.41, 5.74) is 7.71. The monoisotopic (exact) mass is 221 g/mol. The topological polar surface area (TPSA) is 67.8 Å². The van der Waals surface area contributed by atoms with E-state index in [-0.39, 0.29) is 0 Å². The molecule has 0 unspecified atom stereocenters. The molecule has 2 aromatic rings. The summed E-state index contributed by atoms with van der Waals surface area (Å²) in [6, 6.07) is 7.76. The first-order valence-electron chi connectivity index (χ1n) is 4.63. The minimum absolute atomic E-state index is 0.311. The number of benzene rings is 1. The molecule has 4 nitrogen and oxygen atoms in total. The van der Waals surface area contributed by atoms with Crippen molar-refractivity contribution >= 4 is 17.9 Å². The molecule has 0 aliphatic rings. The maximum absolute atomic E-state index is 5.81. The summed E-state index contributed by atoms with van der Waals surface area (Å²) in [6.45, 7) is 0. The van der Waals surface area contributed by atoms with Crippen molar-refractivity contribution < 1.29 is 4.42 Å². The number of aryl methyl sites for hydroxylation is 2. The van der Waals surface area contributed by atoms with E-state index in [1.54, 1.807) is 0 Å². The lowest BCUT2D eigenvalue weighted by molar-refractivity contribution is 0.480. The summed E-state index contributed by atoms with van der Waals surface area (Å²) in [7, 11) is 0. The van der Waals surface area contributed by atoms with Gasteiger partial charge in [0.25, 0.3) is 4.84 Å². The van der Waals surface area contributed by atoms with Gasteiger partial charge in [-0.05, 0) is 30.3 Å². The number of hydrogen-bond acceptors (Lipinski definition) is 4. The summed E-state index contributed by atoms with van der Waals surface area (Å²) in [4.78, 5) is 0.311. The lowest BCUT2D eigenvalue weighted by Gasteiger charge is -2.02. The van der Waals surface area contributed by atoms with Gasteiger partial charge in [0, 0.05) is 12.1 Å². The first-order valence-corrected chi connectivity index (χ1v) is 5.04. The second-order valence-corrected chi connectivity index (χ2v) is 3.58. The molecular weight excluding hydrogens is 210 g/mol. The highest BCUT2D eigenvalue weighted by atomic mass is 32.1. The molecule has 3 N–H and O–H groups in total. The number of anilines is 1. The maximum Gasteiger partial charge on any atom is 0.284 e. The van der Waals surface area contributed by atoms with Crippen LogP contribution in [0.4, 0.5) is 5.69 Å². The Morgan fingerprint density at radius 1 is 1.33 bits per heavy atom. The van der Waals surface area contributed by atoms with Gasteiger partial charge in [-0.1, -0.05) is 18.2 Å². The van der Waals surface area contributed by atoms with Crippen molar-refractivity contribution in [2.75, 3.05) is 5.73 Å².